The maximum absolute atomic E-state index is 6.24. The van der Waals surface area contributed by atoms with E-state index in [4.69, 9.17) is 34.8 Å². The second kappa shape index (κ2) is 7.36. The Kier molecular flexibility index (Phi) is 5.77. The van der Waals surface area contributed by atoms with Gasteiger partial charge in [0, 0.05) is 15.9 Å². The molecule has 1 atom stereocenters. The lowest BCUT2D eigenvalue weighted by atomic mass is 9.92. The van der Waals surface area contributed by atoms with Gasteiger partial charge in [0.1, 0.15) is 0 Å². The molecule has 0 bridgehead atoms. The molecule has 0 aliphatic carbocycles. The van der Waals surface area contributed by atoms with E-state index in [0.29, 0.717) is 16.8 Å². The van der Waals surface area contributed by atoms with Crippen molar-refractivity contribution in [3.05, 3.63) is 69.2 Å². The second-order valence-electron chi connectivity index (χ2n) is 5.09. The Morgan fingerprint density at radius 3 is 2.30 bits per heavy atom. The number of halogens is 3. The molecule has 0 nitrogen and oxygen atoms in total. The van der Waals surface area contributed by atoms with Crippen molar-refractivity contribution in [2.24, 2.45) is 5.92 Å². The van der Waals surface area contributed by atoms with Crippen LogP contribution in [0.2, 0.25) is 10.0 Å². The van der Waals surface area contributed by atoms with E-state index in [0.717, 1.165) is 23.4 Å². The molecule has 20 heavy (non-hydrogen) atoms. The summed E-state index contributed by atoms with van der Waals surface area (Å²) in [5, 5.41) is 1.39. The van der Waals surface area contributed by atoms with E-state index in [1.807, 2.05) is 12.1 Å². The molecule has 0 saturated heterocycles. The molecule has 0 spiro atoms. The van der Waals surface area contributed by atoms with Crippen molar-refractivity contribution in [1.29, 1.82) is 0 Å². The molecule has 2 rings (SSSR count). The Bertz CT molecular complexity index is 578. The van der Waals surface area contributed by atoms with Crippen molar-refractivity contribution in [3.63, 3.8) is 0 Å². The van der Waals surface area contributed by atoms with Crippen molar-refractivity contribution >= 4 is 34.8 Å². The molecular weight excluding hydrogens is 311 g/mol. The molecule has 2 aromatic rings. The number of hydrogen-bond donors (Lipinski definition) is 0. The van der Waals surface area contributed by atoms with Gasteiger partial charge in [-0.15, -0.1) is 11.6 Å². The normalized spacial score (nSPS) is 12.4. The molecule has 0 aliphatic rings. The predicted molar refractivity (Wildman–Crippen MR) is 89.3 cm³/mol. The quantitative estimate of drug-likeness (QED) is 0.596. The highest BCUT2D eigenvalue weighted by Crippen LogP contribution is 2.25. The van der Waals surface area contributed by atoms with Gasteiger partial charge in [0.15, 0.2) is 0 Å². The molecule has 106 valence electrons. The van der Waals surface area contributed by atoms with E-state index < -0.39 is 0 Å². The van der Waals surface area contributed by atoms with Crippen molar-refractivity contribution in [2.75, 3.05) is 5.88 Å². The summed E-state index contributed by atoms with van der Waals surface area (Å²) in [4.78, 5) is 0. The van der Waals surface area contributed by atoms with Crippen LogP contribution in [-0.2, 0) is 12.8 Å². The fraction of sp³-hybridized carbons (Fsp3) is 0.294. The minimum Gasteiger partial charge on any atom is -0.126 e. The van der Waals surface area contributed by atoms with Crippen LogP contribution in [0.4, 0.5) is 0 Å². The third-order valence-corrected chi connectivity index (χ3v) is 4.54. The van der Waals surface area contributed by atoms with E-state index >= 15 is 0 Å². The van der Waals surface area contributed by atoms with E-state index in [1.54, 1.807) is 6.07 Å². The maximum atomic E-state index is 6.24. The minimum absolute atomic E-state index is 0.372. The summed E-state index contributed by atoms with van der Waals surface area (Å²) in [5.74, 6) is 0.990. The van der Waals surface area contributed by atoms with Gasteiger partial charge in [-0.05, 0) is 54.5 Å². The highest BCUT2D eigenvalue weighted by molar-refractivity contribution is 6.35. The highest BCUT2D eigenvalue weighted by Gasteiger charge is 2.13. The van der Waals surface area contributed by atoms with Crippen LogP contribution in [-0.4, -0.2) is 5.88 Å². The van der Waals surface area contributed by atoms with E-state index in [2.05, 4.69) is 31.2 Å². The Morgan fingerprint density at radius 2 is 1.65 bits per heavy atom. The zero-order chi connectivity index (χ0) is 14.5. The minimum atomic E-state index is 0.372. The summed E-state index contributed by atoms with van der Waals surface area (Å²) in [7, 11) is 0. The maximum Gasteiger partial charge on any atom is 0.0452 e. The second-order valence-corrected chi connectivity index (χ2v) is 6.24. The van der Waals surface area contributed by atoms with Crippen LogP contribution in [0.3, 0.4) is 0 Å². The summed E-state index contributed by atoms with van der Waals surface area (Å²) in [6, 6.07) is 14.1. The molecule has 0 heterocycles. The van der Waals surface area contributed by atoms with Gasteiger partial charge in [-0.1, -0.05) is 53.5 Å². The Labute approximate surface area is 135 Å². The lowest BCUT2D eigenvalue weighted by Crippen LogP contribution is -2.11. The van der Waals surface area contributed by atoms with Gasteiger partial charge in [0.05, 0.1) is 0 Å². The lowest BCUT2D eigenvalue weighted by Gasteiger charge is -2.16. The Hall–Kier alpha value is -0.690. The number of rotatable bonds is 5. The Balaban J connectivity index is 2.11. The molecule has 0 radical (unpaired) electrons. The van der Waals surface area contributed by atoms with Gasteiger partial charge < -0.3 is 0 Å². The highest BCUT2D eigenvalue weighted by atomic mass is 35.5. The number of alkyl halides is 1. The van der Waals surface area contributed by atoms with Crippen LogP contribution in [0.25, 0.3) is 0 Å². The van der Waals surface area contributed by atoms with Crippen molar-refractivity contribution < 1.29 is 0 Å². The largest absolute Gasteiger partial charge is 0.126 e. The molecule has 2 aromatic carbocycles. The van der Waals surface area contributed by atoms with Gasteiger partial charge in [-0.2, -0.15) is 0 Å². The summed E-state index contributed by atoms with van der Waals surface area (Å²) in [6.45, 7) is 2.13. The zero-order valence-electron chi connectivity index (χ0n) is 11.4. The average molecular weight is 328 g/mol. The smallest absolute Gasteiger partial charge is 0.0452 e. The predicted octanol–water partition coefficient (Wildman–Crippen LogP) is 5.94. The van der Waals surface area contributed by atoms with E-state index in [9.17, 15) is 0 Å². The first-order chi connectivity index (χ1) is 9.60. The van der Waals surface area contributed by atoms with Crippen LogP contribution in [0.15, 0.2) is 42.5 Å². The summed E-state index contributed by atoms with van der Waals surface area (Å²) < 4.78 is 0. The molecule has 3 heteroatoms. The molecule has 0 N–H and O–H groups in total. The first-order valence-electron chi connectivity index (χ1n) is 6.64. The van der Waals surface area contributed by atoms with Crippen molar-refractivity contribution in [3.8, 4) is 0 Å². The molecule has 0 amide bonds. The molecule has 0 fully saturated rings. The standard InChI is InChI=1S/C17H17Cl3/c1-12-4-2-3-5-14(12)8-13(11-18)9-15-6-7-16(19)10-17(15)20/h2-7,10,13H,8-9,11H2,1H3. The first-order valence-corrected chi connectivity index (χ1v) is 7.93. The Morgan fingerprint density at radius 1 is 0.950 bits per heavy atom. The van der Waals surface area contributed by atoms with Gasteiger partial charge >= 0.3 is 0 Å². The fourth-order valence-corrected chi connectivity index (χ4v) is 3.03. The molecule has 0 saturated carbocycles. The van der Waals surface area contributed by atoms with Gasteiger partial charge in [0.25, 0.3) is 0 Å². The third kappa shape index (κ3) is 4.15. The molecular formula is C17H17Cl3. The summed E-state index contributed by atoms with van der Waals surface area (Å²) in [5.41, 5.74) is 3.77. The molecule has 1 unspecified atom stereocenters. The number of hydrogen-bond acceptors (Lipinski definition) is 0. The van der Waals surface area contributed by atoms with Crippen LogP contribution < -0.4 is 0 Å². The van der Waals surface area contributed by atoms with Crippen LogP contribution in [0.5, 0.6) is 0 Å². The lowest BCUT2D eigenvalue weighted by molar-refractivity contribution is 0.582. The SMILES string of the molecule is Cc1ccccc1CC(CCl)Cc1ccc(Cl)cc1Cl. The molecule has 0 aliphatic heterocycles. The monoisotopic (exact) mass is 326 g/mol. The number of aryl methyl sites for hydroxylation is 1. The molecule has 0 aromatic heterocycles. The van der Waals surface area contributed by atoms with Gasteiger partial charge in [-0.25, -0.2) is 0 Å². The van der Waals surface area contributed by atoms with Crippen LogP contribution in [0.1, 0.15) is 16.7 Å². The van der Waals surface area contributed by atoms with Crippen LogP contribution >= 0.6 is 34.8 Å². The average Bonchev–Trinajstić information content (AvgIpc) is 2.43. The van der Waals surface area contributed by atoms with Crippen molar-refractivity contribution in [1.82, 2.24) is 0 Å². The first kappa shape index (κ1) is 15.7. The van der Waals surface area contributed by atoms with Gasteiger partial charge in [-0.3, -0.25) is 0 Å². The van der Waals surface area contributed by atoms with Crippen molar-refractivity contribution in [2.45, 2.75) is 19.8 Å². The fourth-order valence-electron chi connectivity index (χ4n) is 2.33. The summed E-state index contributed by atoms with van der Waals surface area (Å²) in [6.07, 6.45) is 1.84. The van der Waals surface area contributed by atoms with E-state index in [1.165, 1.54) is 11.1 Å². The summed E-state index contributed by atoms with van der Waals surface area (Å²) >= 11 is 18.3. The zero-order valence-corrected chi connectivity index (χ0v) is 13.6. The van der Waals surface area contributed by atoms with Gasteiger partial charge in [0.2, 0.25) is 0 Å². The number of benzene rings is 2. The third-order valence-electron chi connectivity index (χ3n) is 3.51. The van der Waals surface area contributed by atoms with Crippen LogP contribution in [0, 0.1) is 12.8 Å². The van der Waals surface area contributed by atoms with E-state index in [-0.39, 0.29) is 0 Å². The topological polar surface area (TPSA) is 0 Å².